The van der Waals surface area contributed by atoms with E-state index in [4.69, 9.17) is 11.6 Å². The Balaban J connectivity index is 2.17. The molecule has 1 heterocycles. The lowest BCUT2D eigenvalue weighted by Crippen LogP contribution is -2.45. The van der Waals surface area contributed by atoms with E-state index in [1.807, 2.05) is 0 Å². The number of alkyl halides is 3. The Morgan fingerprint density at radius 1 is 1.33 bits per heavy atom. The molecule has 1 aliphatic heterocycles. The second-order valence-corrected chi connectivity index (χ2v) is 5.35. The Kier molecular flexibility index (Phi) is 5.35. The van der Waals surface area contributed by atoms with Crippen molar-refractivity contribution in [1.29, 1.82) is 0 Å². The molecular formula is C14H18ClF3N2O. The normalized spacial score (nSPS) is 18.5. The molecule has 1 saturated heterocycles. The topological polar surface area (TPSA) is 24.5 Å². The van der Waals surface area contributed by atoms with Gasteiger partial charge < -0.3 is 10.1 Å². The minimum Gasteiger partial charge on any atom is -0.404 e. The average Bonchev–Trinajstić information content (AvgIpc) is 2.42. The zero-order valence-electron chi connectivity index (χ0n) is 11.7. The molecule has 118 valence electrons. The molecule has 0 bridgehead atoms. The van der Waals surface area contributed by atoms with Crippen molar-refractivity contribution in [2.75, 3.05) is 26.2 Å². The summed E-state index contributed by atoms with van der Waals surface area (Å²) >= 11 is 5.92. The van der Waals surface area contributed by atoms with Crippen molar-refractivity contribution < 1.29 is 17.9 Å². The summed E-state index contributed by atoms with van der Waals surface area (Å²) in [5.74, 6) is -0.358. The van der Waals surface area contributed by atoms with Gasteiger partial charge in [0.05, 0.1) is 5.02 Å². The Bertz CT molecular complexity index is 476. The van der Waals surface area contributed by atoms with E-state index in [-0.39, 0.29) is 16.8 Å². The van der Waals surface area contributed by atoms with Gasteiger partial charge in [-0.1, -0.05) is 24.6 Å². The van der Waals surface area contributed by atoms with Crippen molar-refractivity contribution in [2.45, 2.75) is 25.7 Å². The van der Waals surface area contributed by atoms with Crippen LogP contribution in [0.3, 0.4) is 0 Å². The third-order valence-corrected chi connectivity index (χ3v) is 3.84. The van der Waals surface area contributed by atoms with Gasteiger partial charge in [0.25, 0.3) is 0 Å². The highest BCUT2D eigenvalue weighted by molar-refractivity contribution is 6.32. The van der Waals surface area contributed by atoms with E-state index in [2.05, 4.69) is 21.9 Å². The summed E-state index contributed by atoms with van der Waals surface area (Å²) in [5, 5.41) is 3.26. The maximum Gasteiger partial charge on any atom is 0.573 e. The number of rotatable bonds is 4. The predicted molar refractivity (Wildman–Crippen MR) is 75.6 cm³/mol. The summed E-state index contributed by atoms with van der Waals surface area (Å²) in [4.78, 5) is 2.31. The second-order valence-electron chi connectivity index (χ2n) is 4.95. The molecular weight excluding hydrogens is 305 g/mol. The SMILES string of the molecule is CC[C@H](c1ccc(OC(F)(F)F)c(Cl)c1)N1CCNCC1. The summed E-state index contributed by atoms with van der Waals surface area (Å²) < 4.78 is 40.6. The predicted octanol–water partition coefficient (Wildman–Crippen LogP) is 3.59. The van der Waals surface area contributed by atoms with Crippen LogP contribution in [-0.2, 0) is 0 Å². The monoisotopic (exact) mass is 322 g/mol. The highest BCUT2D eigenvalue weighted by atomic mass is 35.5. The van der Waals surface area contributed by atoms with Crippen LogP contribution in [0.5, 0.6) is 5.75 Å². The van der Waals surface area contributed by atoms with Gasteiger partial charge in [-0.05, 0) is 24.1 Å². The molecule has 2 rings (SSSR count). The Morgan fingerprint density at radius 3 is 2.52 bits per heavy atom. The lowest BCUT2D eigenvalue weighted by molar-refractivity contribution is -0.274. The van der Waals surface area contributed by atoms with E-state index < -0.39 is 6.36 Å². The van der Waals surface area contributed by atoms with Crippen LogP contribution in [0.1, 0.15) is 24.9 Å². The highest BCUT2D eigenvalue weighted by Crippen LogP contribution is 2.34. The first-order chi connectivity index (χ1) is 9.90. The number of halogens is 4. The van der Waals surface area contributed by atoms with E-state index in [1.54, 1.807) is 12.1 Å². The molecule has 1 aromatic carbocycles. The Hall–Kier alpha value is -0.980. The molecule has 1 N–H and O–H groups in total. The van der Waals surface area contributed by atoms with Crippen LogP contribution in [0.15, 0.2) is 18.2 Å². The summed E-state index contributed by atoms with van der Waals surface area (Å²) in [6.07, 6.45) is -3.86. The smallest absolute Gasteiger partial charge is 0.404 e. The second kappa shape index (κ2) is 6.85. The van der Waals surface area contributed by atoms with Crippen LogP contribution in [-0.4, -0.2) is 37.4 Å². The van der Waals surface area contributed by atoms with Crippen molar-refractivity contribution in [3.63, 3.8) is 0 Å². The van der Waals surface area contributed by atoms with Crippen molar-refractivity contribution in [2.24, 2.45) is 0 Å². The molecule has 0 saturated carbocycles. The standard InChI is InChI=1S/C14H18ClF3N2O/c1-2-12(20-7-5-19-6-8-20)10-3-4-13(11(15)9-10)21-14(16,17)18/h3-4,9,12,19H,2,5-8H2,1H3/t12-/m1/s1. The molecule has 1 fully saturated rings. The molecule has 0 radical (unpaired) electrons. The summed E-state index contributed by atoms with van der Waals surface area (Å²) in [5.41, 5.74) is 0.916. The third-order valence-electron chi connectivity index (χ3n) is 3.55. The molecule has 3 nitrogen and oxygen atoms in total. The number of nitrogens with zero attached hydrogens (tertiary/aromatic N) is 1. The van der Waals surface area contributed by atoms with Crippen LogP contribution in [0.2, 0.25) is 5.02 Å². The minimum absolute atomic E-state index is 0.0154. The van der Waals surface area contributed by atoms with Crippen molar-refractivity contribution in [3.05, 3.63) is 28.8 Å². The van der Waals surface area contributed by atoms with Gasteiger partial charge in [-0.2, -0.15) is 0 Å². The van der Waals surface area contributed by atoms with E-state index >= 15 is 0 Å². The van der Waals surface area contributed by atoms with Crippen LogP contribution in [0.4, 0.5) is 13.2 Å². The summed E-state index contributed by atoms with van der Waals surface area (Å²) in [7, 11) is 0. The van der Waals surface area contributed by atoms with E-state index in [9.17, 15) is 13.2 Å². The third kappa shape index (κ3) is 4.49. The zero-order chi connectivity index (χ0) is 15.5. The number of benzene rings is 1. The molecule has 0 aliphatic carbocycles. The summed E-state index contributed by atoms with van der Waals surface area (Å²) in [6, 6.07) is 4.67. The lowest BCUT2D eigenvalue weighted by Gasteiger charge is -2.34. The maximum absolute atomic E-state index is 12.2. The Morgan fingerprint density at radius 2 is 2.00 bits per heavy atom. The number of piperazine rings is 1. The quantitative estimate of drug-likeness (QED) is 0.916. The molecule has 0 amide bonds. The van der Waals surface area contributed by atoms with E-state index in [0.717, 1.165) is 38.2 Å². The molecule has 0 spiro atoms. The van der Waals surface area contributed by atoms with Crippen LogP contribution in [0, 0.1) is 0 Å². The van der Waals surface area contributed by atoms with Gasteiger partial charge in [0.2, 0.25) is 0 Å². The van der Waals surface area contributed by atoms with E-state index in [0.29, 0.717) is 0 Å². The van der Waals surface area contributed by atoms with Crippen LogP contribution >= 0.6 is 11.6 Å². The van der Waals surface area contributed by atoms with Gasteiger partial charge >= 0.3 is 6.36 Å². The van der Waals surface area contributed by atoms with Gasteiger partial charge in [-0.15, -0.1) is 13.2 Å². The maximum atomic E-state index is 12.2. The number of hydrogen-bond donors (Lipinski definition) is 1. The fourth-order valence-electron chi connectivity index (χ4n) is 2.63. The number of nitrogens with one attached hydrogen (secondary N) is 1. The van der Waals surface area contributed by atoms with E-state index in [1.165, 1.54) is 6.07 Å². The fourth-order valence-corrected chi connectivity index (χ4v) is 2.86. The lowest BCUT2D eigenvalue weighted by atomic mass is 10.0. The Labute approximate surface area is 127 Å². The van der Waals surface area contributed by atoms with Gasteiger partial charge in [-0.3, -0.25) is 4.90 Å². The number of ether oxygens (including phenoxy) is 1. The van der Waals surface area contributed by atoms with Gasteiger partial charge in [-0.25, -0.2) is 0 Å². The van der Waals surface area contributed by atoms with Crippen LogP contribution in [0.25, 0.3) is 0 Å². The number of hydrogen-bond acceptors (Lipinski definition) is 3. The molecule has 1 atom stereocenters. The average molecular weight is 323 g/mol. The first kappa shape index (κ1) is 16.4. The highest BCUT2D eigenvalue weighted by Gasteiger charge is 2.32. The van der Waals surface area contributed by atoms with Crippen molar-refractivity contribution >= 4 is 11.6 Å². The zero-order valence-corrected chi connectivity index (χ0v) is 12.5. The fraction of sp³-hybridized carbons (Fsp3) is 0.571. The first-order valence-electron chi connectivity index (χ1n) is 6.90. The van der Waals surface area contributed by atoms with Crippen LogP contribution < -0.4 is 10.1 Å². The molecule has 1 aliphatic rings. The van der Waals surface area contributed by atoms with Gasteiger partial charge in [0.1, 0.15) is 5.75 Å². The molecule has 0 unspecified atom stereocenters. The summed E-state index contributed by atoms with van der Waals surface area (Å²) in [6.45, 7) is 5.72. The van der Waals surface area contributed by atoms with Crippen molar-refractivity contribution in [1.82, 2.24) is 10.2 Å². The minimum atomic E-state index is -4.73. The first-order valence-corrected chi connectivity index (χ1v) is 7.28. The largest absolute Gasteiger partial charge is 0.573 e. The van der Waals surface area contributed by atoms with Gasteiger partial charge in [0, 0.05) is 32.2 Å². The molecule has 7 heteroatoms. The van der Waals surface area contributed by atoms with Crippen molar-refractivity contribution in [3.8, 4) is 5.75 Å². The molecule has 0 aromatic heterocycles. The molecule has 21 heavy (non-hydrogen) atoms. The molecule has 1 aromatic rings. The van der Waals surface area contributed by atoms with Gasteiger partial charge in [0.15, 0.2) is 0 Å².